The van der Waals surface area contributed by atoms with Crippen LogP contribution in [0, 0.1) is 0 Å². The molecule has 1 unspecified atom stereocenters. The molecule has 3 heteroatoms. The van der Waals surface area contributed by atoms with Gasteiger partial charge in [0.15, 0.2) is 0 Å². The number of benzene rings is 2. The van der Waals surface area contributed by atoms with Crippen LogP contribution in [0.4, 0.5) is 5.69 Å². The lowest BCUT2D eigenvalue weighted by Gasteiger charge is -2.37. The number of hydrogen-bond acceptors (Lipinski definition) is 1. The molecule has 2 aromatic rings. The minimum absolute atomic E-state index is 0.546. The highest BCUT2D eigenvalue weighted by Crippen LogP contribution is 2.33. The van der Waals surface area contributed by atoms with Crippen LogP contribution in [0.25, 0.3) is 0 Å². The topological polar surface area (TPSA) is 3.24 Å². The van der Waals surface area contributed by atoms with Crippen molar-refractivity contribution in [2.45, 2.75) is 32.4 Å². The SMILES string of the molecule is CC1CCc2ccccc2N1Cc1ccc(Br)cc1Cl. The lowest BCUT2D eigenvalue weighted by atomic mass is 9.96. The van der Waals surface area contributed by atoms with Gasteiger partial charge in [-0.2, -0.15) is 0 Å². The van der Waals surface area contributed by atoms with Crippen molar-refractivity contribution in [3.8, 4) is 0 Å². The summed E-state index contributed by atoms with van der Waals surface area (Å²) in [5, 5.41) is 0.828. The monoisotopic (exact) mass is 349 g/mol. The number of hydrogen-bond donors (Lipinski definition) is 0. The molecule has 104 valence electrons. The van der Waals surface area contributed by atoms with Crippen LogP contribution in [-0.4, -0.2) is 6.04 Å². The highest BCUT2D eigenvalue weighted by atomic mass is 79.9. The third-order valence-electron chi connectivity index (χ3n) is 4.02. The predicted molar refractivity (Wildman–Crippen MR) is 89.6 cm³/mol. The van der Waals surface area contributed by atoms with E-state index in [1.165, 1.54) is 29.7 Å². The molecule has 0 saturated carbocycles. The number of aryl methyl sites for hydroxylation is 1. The first-order valence-corrected chi connectivity index (χ1v) is 8.11. The van der Waals surface area contributed by atoms with Crippen molar-refractivity contribution < 1.29 is 0 Å². The van der Waals surface area contributed by atoms with E-state index >= 15 is 0 Å². The van der Waals surface area contributed by atoms with Crippen LogP contribution in [0.15, 0.2) is 46.9 Å². The molecule has 0 N–H and O–H groups in total. The van der Waals surface area contributed by atoms with Gasteiger partial charge in [0.05, 0.1) is 0 Å². The van der Waals surface area contributed by atoms with E-state index in [0.717, 1.165) is 16.0 Å². The van der Waals surface area contributed by atoms with Crippen LogP contribution in [0.2, 0.25) is 5.02 Å². The highest BCUT2D eigenvalue weighted by Gasteiger charge is 2.23. The number of para-hydroxylation sites is 1. The van der Waals surface area contributed by atoms with Gasteiger partial charge in [-0.3, -0.25) is 0 Å². The molecule has 1 aliphatic rings. The molecular weight excluding hydrogens is 334 g/mol. The zero-order chi connectivity index (χ0) is 14.1. The molecule has 0 aromatic heterocycles. The van der Waals surface area contributed by atoms with Crippen molar-refractivity contribution in [3.05, 3.63) is 63.1 Å². The summed E-state index contributed by atoms with van der Waals surface area (Å²) in [5.41, 5.74) is 3.97. The van der Waals surface area contributed by atoms with Gasteiger partial charge in [-0.25, -0.2) is 0 Å². The zero-order valence-electron chi connectivity index (χ0n) is 11.4. The summed E-state index contributed by atoms with van der Waals surface area (Å²) in [7, 11) is 0. The summed E-state index contributed by atoms with van der Waals surface area (Å²) in [6.07, 6.45) is 2.37. The van der Waals surface area contributed by atoms with Crippen LogP contribution in [0.3, 0.4) is 0 Å². The summed E-state index contributed by atoms with van der Waals surface area (Å²) in [6.45, 7) is 3.16. The highest BCUT2D eigenvalue weighted by molar-refractivity contribution is 9.10. The summed E-state index contributed by atoms with van der Waals surface area (Å²) in [6, 6.07) is 15.4. The number of anilines is 1. The van der Waals surface area contributed by atoms with Gasteiger partial charge in [0, 0.05) is 27.8 Å². The summed E-state index contributed by atoms with van der Waals surface area (Å²) >= 11 is 9.83. The number of halogens is 2. The molecule has 0 bridgehead atoms. The number of fused-ring (bicyclic) bond motifs is 1. The average molecular weight is 351 g/mol. The van der Waals surface area contributed by atoms with E-state index in [4.69, 9.17) is 11.6 Å². The van der Waals surface area contributed by atoms with Crippen molar-refractivity contribution in [1.29, 1.82) is 0 Å². The smallest absolute Gasteiger partial charge is 0.0467 e. The minimum atomic E-state index is 0.546. The van der Waals surface area contributed by atoms with Crippen molar-refractivity contribution in [2.24, 2.45) is 0 Å². The molecule has 0 fully saturated rings. The molecule has 0 radical (unpaired) electrons. The van der Waals surface area contributed by atoms with Crippen LogP contribution >= 0.6 is 27.5 Å². The fraction of sp³-hybridized carbons (Fsp3) is 0.294. The predicted octanol–water partition coefficient (Wildman–Crippen LogP) is 5.44. The number of rotatable bonds is 2. The Kier molecular flexibility index (Phi) is 4.04. The lowest BCUT2D eigenvalue weighted by Crippen LogP contribution is -2.36. The Morgan fingerprint density at radius 3 is 2.85 bits per heavy atom. The van der Waals surface area contributed by atoms with Gasteiger partial charge in [-0.05, 0) is 49.1 Å². The first kappa shape index (κ1) is 14.0. The third kappa shape index (κ3) is 2.72. The fourth-order valence-electron chi connectivity index (χ4n) is 2.83. The third-order valence-corrected chi connectivity index (χ3v) is 4.87. The molecule has 1 nitrogen and oxygen atoms in total. The van der Waals surface area contributed by atoms with E-state index in [-0.39, 0.29) is 0 Å². The molecule has 1 aliphatic heterocycles. The van der Waals surface area contributed by atoms with Gasteiger partial charge in [-0.15, -0.1) is 0 Å². The largest absolute Gasteiger partial charge is 0.364 e. The Balaban J connectivity index is 1.93. The second-order valence-corrected chi connectivity index (χ2v) is 6.70. The molecule has 3 rings (SSSR count). The standard InChI is InChI=1S/C17H17BrClN/c1-12-6-7-13-4-2-3-5-17(13)20(12)11-14-8-9-15(18)10-16(14)19/h2-5,8-10,12H,6-7,11H2,1H3. The van der Waals surface area contributed by atoms with E-state index in [1.54, 1.807) is 0 Å². The maximum Gasteiger partial charge on any atom is 0.0467 e. The Morgan fingerprint density at radius 2 is 2.05 bits per heavy atom. The molecule has 0 saturated heterocycles. The maximum atomic E-state index is 6.37. The van der Waals surface area contributed by atoms with Crippen LogP contribution in [0.1, 0.15) is 24.5 Å². The Bertz CT molecular complexity index is 626. The molecule has 0 aliphatic carbocycles. The van der Waals surface area contributed by atoms with Gasteiger partial charge in [-0.1, -0.05) is 51.8 Å². The molecule has 20 heavy (non-hydrogen) atoms. The Labute approximate surface area is 133 Å². The molecule has 0 amide bonds. The summed E-state index contributed by atoms with van der Waals surface area (Å²) in [4.78, 5) is 2.47. The van der Waals surface area contributed by atoms with Crippen LogP contribution in [0.5, 0.6) is 0 Å². The van der Waals surface area contributed by atoms with Crippen LogP contribution < -0.4 is 4.90 Å². The molecule has 2 aromatic carbocycles. The van der Waals surface area contributed by atoms with Crippen molar-refractivity contribution in [1.82, 2.24) is 0 Å². The van der Waals surface area contributed by atoms with E-state index in [9.17, 15) is 0 Å². The van der Waals surface area contributed by atoms with E-state index in [2.05, 4.69) is 64.2 Å². The zero-order valence-corrected chi connectivity index (χ0v) is 13.8. The second kappa shape index (κ2) is 5.79. The Hall–Kier alpha value is -0.990. The molecule has 1 heterocycles. The molecule has 1 atom stereocenters. The minimum Gasteiger partial charge on any atom is -0.364 e. The number of nitrogens with zero attached hydrogens (tertiary/aromatic N) is 1. The lowest BCUT2D eigenvalue weighted by molar-refractivity contribution is 0.560. The summed E-state index contributed by atoms with van der Waals surface area (Å²) in [5.74, 6) is 0. The first-order valence-electron chi connectivity index (χ1n) is 6.93. The maximum absolute atomic E-state index is 6.37. The van der Waals surface area contributed by atoms with Crippen molar-refractivity contribution in [2.75, 3.05) is 4.90 Å². The van der Waals surface area contributed by atoms with Crippen molar-refractivity contribution in [3.63, 3.8) is 0 Å². The van der Waals surface area contributed by atoms with E-state index < -0.39 is 0 Å². The Morgan fingerprint density at radius 1 is 1.25 bits per heavy atom. The summed E-state index contributed by atoms with van der Waals surface area (Å²) < 4.78 is 1.03. The molecular formula is C17H17BrClN. The van der Waals surface area contributed by atoms with Gasteiger partial charge >= 0.3 is 0 Å². The second-order valence-electron chi connectivity index (χ2n) is 5.38. The molecule has 0 spiro atoms. The van der Waals surface area contributed by atoms with Gasteiger partial charge < -0.3 is 4.90 Å². The first-order chi connectivity index (χ1) is 9.65. The van der Waals surface area contributed by atoms with E-state index in [0.29, 0.717) is 6.04 Å². The normalized spacial score (nSPS) is 17.9. The van der Waals surface area contributed by atoms with Gasteiger partial charge in [0.25, 0.3) is 0 Å². The van der Waals surface area contributed by atoms with Gasteiger partial charge in [0.1, 0.15) is 0 Å². The van der Waals surface area contributed by atoms with Crippen LogP contribution in [-0.2, 0) is 13.0 Å². The van der Waals surface area contributed by atoms with Crippen molar-refractivity contribution >= 4 is 33.2 Å². The average Bonchev–Trinajstić information content (AvgIpc) is 2.44. The van der Waals surface area contributed by atoms with E-state index in [1.807, 2.05) is 6.07 Å². The quantitative estimate of drug-likeness (QED) is 0.696. The van der Waals surface area contributed by atoms with Gasteiger partial charge in [0.2, 0.25) is 0 Å². The fourth-order valence-corrected chi connectivity index (χ4v) is 3.57.